The highest BCUT2D eigenvalue weighted by atomic mass is 35.5. The number of carbonyl (C=O) groups excluding carboxylic acids is 1. The van der Waals surface area contributed by atoms with Crippen molar-refractivity contribution in [1.82, 2.24) is 5.32 Å². The molecule has 0 aromatic carbocycles. The molecule has 0 saturated heterocycles. The molecule has 0 saturated carbocycles. The lowest BCUT2D eigenvalue weighted by Gasteiger charge is -2.12. The van der Waals surface area contributed by atoms with Gasteiger partial charge in [0, 0.05) is 20.2 Å². The van der Waals surface area contributed by atoms with Gasteiger partial charge < -0.3 is 15.8 Å². The molecule has 0 spiro atoms. The van der Waals surface area contributed by atoms with E-state index in [0.29, 0.717) is 19.5 Å². The zero-order valence-electron chi connectivity index (χ0n) is 9.14. The number of nitrogens with two attached hydrogens (primary N) is 1. The third kappa shape index (κ3) is 5.46. The Labute approximate surface area is 106 Å². The molecule has 92 valence electrons. The van der Waals surface area contributed by atoms with Crippen molar-refractivity contribution in [3.8, 4) is 0 Å². The number of thiophene rings is 1. The van der Waals surface area contributed by atoms with Gasteiger partial charge in [-0.1, -0.05) is 0 Å². The predicted molar refractivity (Wildman–Crippen MR) is 67.9 cm³/mol. The first-order chi connectivity index (χ1) is 7.26. The van der Waals surface area contributed by atoms with Crippen molar-refractivity contribution in [2.75, 3.05) is 13.7 Å². The summed E-state index contributed by atoms with van der Waals surface area (Å²) in [6.07, 6.45) is 0.129. The molecule has 0 aliphatic carbocycles. The van der Waals surface area contributed by atoms with E-state index in [9.17, 15) is 4.79 Å². The maximum atomic E-state index is 11.4. The summed E-state index contributed by atoms with van der Waals surface area (Å²) in [5, 5.41) is 6.81. The maximum Gasteiger partial charge on any atom is 0.222 e. The monoisotopic (exact) mass is 264 g/mol. The summed E-state index contributed by atoms with van der Waals surface area (Å²) in [4.78, 5) is 11.4. The van der Waals surface area contributed by atoms with E-state index in [1.165, 1.54) is 0 Å². The molecule has 1 heterocycles. The Kier molecular flexibility index (Phi) is 8.19. The van der Waals surface area contributed by atoms with Crippen molar-refractivity contribution in [2.45, 2.75) is 19.1 Å². The summed E-state index contributed by atoms with van der Waals surface area (Å²) >= 11 is 1.62. The normalized spacial score (nSPS) is 11.6. The zero-order chi connectivity index (χ0) is 11.1. The number of hydrogen-bond acceptors (Lipinski definition) is 4. The Morgan fingerprint density at radius 1 is 1.69 bits per heavy atom. The predicted octanol–water partition coefficient (Wildman–Crippen LogP) is 1.15. The van der Waals surface area contributed by atoms with Gasteiger partial charge in [0.15, 0.2) is 0 Å². The van der Waals surface area contributed by atoms with Crippen molar-refractivity contribution >= 4 is 29.7 Å². The maximum absolute atomic E-state index is 11.4. The Hall–Kier alpha value is -0.620. The second kappa shape index (κ2) is 8.52. The van der Waals surface area contributed by atoms with Crippen LogP contribution in [0.5, 0.6) is 0 Å². The van der Waals surface area contributed by atoms with Crippen LogP contribution in [-0.4, -0.2) is 25.7 Å². The Balaban J connectivity index is 0.00000225. The number of carbonyl (C=O) groups is 1. The van der Waals surface area contributed by atoms with Crippen LogP contribution in [0.25, 0.3) is 0 Å². The fourth-order valence-corrected chi connectivity index (χ4v) is 1.80. The van der Waals surface area contributed by atoms with Gasteiger partial charge in [-0.15, -0.1) is 12.4 Å². The molecule has 6 heteroatoms. The summed E-state index contributed by atoms with van der Waals surface area (Å²) in [5.41, 5.74) is 6.54. The summed E-state index contributed by atoms with van der Waals surface area (Å²) in [5.74, 6) is -0.0292. The number of methoxy groups -OCH3 is 1. The third-order valence-electron chi connectivity index (χ3n) is 2.08. The molecule has 0 fully saturated rings. The molecule has 1 amide bonds. The Morgan fingerprint density at radius 2 is 2.44 bits per heavy atom. The SMILES string of the molecule is COC(CN)CC(=O)NCc1ccsc1.Cl. The van der Waals surface area contributed by atoms with E-state index in [0.717, 1.165) is 5.56 Å². The highest BCUT2D eigenvalue weighted by molar-refractivity contribution is 7.07. The molecule has 0 radical (unpaired) electrons. The molecule has 16 heavy (non-hydrogen) atoms. The van der Waals surface area contributed by atoms with Gasteiger partial charge >= 0.3 is 0 Å². The fourth-order valence-electron chi connectivity index (χ4n) is 1.14. The molecule has 1 unspecified atom stereocenters. The van der Waals surface area contributed by atoms with Gasteiger partial charge in [-0.25, -0.2) is 0 Å². The van der Waals surface area contributed by atoms with E-state index in [1.54, 1.807) is 18.4 Å². The van der Waals surface area contributed by atoms with Gasteiger partial charge in [0.25, 0.3) is 0 Å². The second-order valence-electron chi connectivity index (χ2n) is 3.21. The van der Waals surface area contributed by atoms with E-state index in [1.807, 2.05) is 16.8 Å². The first kappa shape index (κ1) is 15.4. The van der Waals surface area contributed by atoms with Crippen molar-refractivity contribution in [3.63, 3.8) is 0 Å². The number of amides is 1. The quantitative estimate of drug-likeness (QED) is 0.810. The van der Waals surface area contributed by atoms with Crippen molar-refractivity contribution < 1.29 is 9.53 Å². The first-order valence-electron chi connectivity index (χ1n) is 4.77. The van der Waals surface area contributed by atoms with Crippen LogP contribution >= 0.6 is 23.7 Å². The van der Waals surface area contributed by atoms with Crippen LogP contribution in [0.4, 0.5) is 0 Å². The van der Waals surface area contributed by atoms with Crippen LogP contribution in [0.2, 0.25) is 0 Å². The summed E-state index contributed by atoms with van der Waals surface area (Å²) in [7, 11) is 1.56. The highest BCUT2D eigenvalue weighted by Crippen LogP contribution is 2.05. The van der Waals surface area contributed by atoms with Crippen LogP contribution in [-0.2, 0) is 16.1 Å². The molecule has 1 rings (SSSR count). The van der Waals surface area contributed by atoms with Crippen molar-refractivity contribution in [1.29, 1.82) is 0 Å². The fraction of sp³-hybridized carbons (Fsp3) is 0.500. The van der Waals surface area contributed by atoms with E-state index >= 15 is 0 Å². The van der Waals surface area contributed by atoms with Crippen LogP contribution in [0.3, 0.4) is 0 Å². The molecule has 3 N–H and O–H groups in total. The van der Waals surface area contributed by atoms with Gasteiger partial charge in [-0.05, 0) is 22.4 Å². The summed E-state index contributed by atoms with van der Waals surface area (Å²) in [6.45, 7) is 0.936. The largest absolute Gasteiger partial charge is 0.380 e. The minimum absolute atomic E-state index is 0. The number of nitrogens with one attached hydrogen (secondary N) is 1. The third-order valence-corrected chi connectivity index (χ3v) is 2.81. The van der Waals surface area contributed by atoms with Crippen LogP contribution in [0.15, 0.2) is 16.8 Å². The van der Waals surface area contributed by atoms with Gasteiger partial charge in [0.05, 0.1) is 12.5 Å². The number of hydrogen-bond donors (Lipinski definition) is 2. The Bertz CT molecular complexity index is 289. The first-order valence-corrected chi connectivity index (χ1v) is 5.71. The molecule has 1 atom stereocenters. The molecule has 0 bridgehead atoms. The number of halogens is 1. The smallest absolute Gasteiger partial charge is 0.222 e. The summed E-state index contributed by atoms with van der Waals surface area (Å²) in [6, 6.07) is 1.99. The molecular formula is C10H17ClN2O2S. The van der Waals surface area contributed by atoms with Crippen molar-refractivity contribution in [2.24, 2.45) is 5.73 Å². The zero-order valence-corrected chi connectivity index (χ0v) is 10.8. The second-order valence-corrected chi connectivity index (χ2v) is 3.99. The lowest BCUT2D eigenvalue weighted by atomic mass is 10.2. The molecule has 4 nitrogen and oxygen atoms in total. The van der Waals surface area contributed by atoms with Crippen molar-refractivity contribution in [3.05, 3.63) is 22.4 Å². The Morgan fingerprint density at radius 3 is 2.94 bits per heavy atom. The van der Waals surface area contributed by atoms with Gasteiger partial charge in [-0.3, -0.25) is 4.79 Å². The number of ether oxygens (including phenoxy) is 1. The van der Waals surface area contributed by atoms with Crippen LogP contribution in [0, 0.1) is 0 Å². The van der Waals surface area contributed by atoms with Gasteiger partial charge in [0.1, 0.15) is 0 Å². The molecule has 1 aromatic heterocycles. The van der Waals surface area contributed by atoms with E-state index in [2.05, 4.69) is 5.32 Å². The number of rotatable bonds is 6. The lowest BCUT2D eigenvalue weighted by Crippen LogP contribution is -2.31. The topological polar surface area (TPSA) is 64.3 Å². The molecule has 1 aromatic rings. The average molecular weight is 265 g/mol. The molecular weight excluding hydrogens is 248 g/mol. The standard InChI is InChI=1S/C10H16N2O2S.ClH/c1-14-9(5-11)4-10(13)12-6-8-2-3-15-7-8;/h2-3,7,9H,4-6,11H2,1H3,(H,12,13);1H. The highest BCUT2D eigenvalue weighted by Gasteiger charge is 2.10. The van der Waals surface area contributed by atoms with Gasteiger partial charge in [0.2, 0.25) is 5.91 Å². The lowest BCUT2D eigenvalue weighted by molar-refractivity contribution is -0.123. The van der Waals surface area contributed by atoms with Crippen LogP contribution in [0.1, 0.15) is 12.0 Å². The van der Waals surface area contributed by atoms with E-state index in [-0.39, 0.29) is 24.4 Å². The average Bonchev–Trinajstić information content (AvgIpc) is 2.75. The van der Waals surface area contributed by atoms with E-state index in [4.69, 9.17) is 10.5 Å². The van der Waals surface area contributed by atoms with Crippen LogP contribution < -0.4 is 11.1 Å². The minimum atomic E-state index is -0.188. The van der Waals surface area contributed by atoms with Gasteiger partial charge in [-0.2, -0.15) is 11.3 Å². The molecule has 0 aliphatic heterocycles. The molecule has 0 aliphatic rings. The minimum Gasteiger partial charge on any atom is -0.380 e. The van der Waals surface area contributed by atoms with E-state index < -0.39 is 0 Å². The summed E-state index contributed by atoms with van der Waals surface area (Å²) < 4.78 is 5.02.